The molecule has 0 amide bonds. The van der Waals surface area contributed by atoms with E-state index in [1.54, 1.807) is 17.8 Å². The molecule has 2 saturated heterocycles. The number of fused-ring (bicyclic) bond motifs is 1. The highest BCUT2D eigenvalue weighted by atomic mass is 32.2. The van der Waals surface area contributed by atoms with Gasteiger partial charge in [-0.3, -0.25) is 10.2 Å². The van der Waals surface area contributed by atoms with Crippen molar-refractivity contribution in [1.82, 2.24) is 10.2 Å². The maximum absolute atomic E-state index is 10.1. The molecule has 1 aliphatic carbocycles. The number of rotatable bonds is 4. The van der Waals surface area contributed by atoms with Crippen LogP contribution in [0.15, 0.2) is 41.0 Å². The first-order valence-electron chi connectivity index (χ1n) is 8.74. The van der Waals surface area contributed by atoms with Crippen molar-refractivity contribution in [2.45, 2.75) is 30.5 Å². The van der Waals surface area contributed by atoms with E-state index < -0.39 is 0 Å². The molecular formula is C19H25N3O2S. The van der Waals surface area contributed by atoms with Crippen LogP contribution in [-0.2, 0) is 6.54 Å². The molecule has 2 unspecified atom stereocenters. The van der Waals surface area contributed by atoms with E-state index in [9.17, 15) is 10.2 Å². The summed E-state index contributed by atoms with van der Waals surface area (Å²) in [6.07, 6.45) is 4.57. The minimum absolute atomic E-state index is 0.152. The van der Waals surface area contributed by atoms with Crippen molar-refractivity contribution in [3.05, 3.63) is 52.1 Å². The molecule has 2 heterocycles. The van der Waals surface area contributed by atoms with Gasteiger partial charge in [0, 0.05) is 50.4 Å². The Kier molecular flexibility index (Phi) is 4.54. The maximum Gasteiger partial charge on any atom is 0.126 e. The molecule has 1 aromatic rings. The predicted molar refractivity (Wildman–Crippen MR) is 103 cm³/mol. The summed E-state index contributed by atoms with van der Waals surface area (Å²) in [4.78, 5) is 5.44. The van der Waals surface area contributed by atoms with Gasteiger partial charge < -0.3 is 15.1 Å². The summed E-state index contributed by atoms with van der Waals surface area (Å²) < 4.78 is 0. The number of β-amino-alcohol motifs (C(OH)–C–C–N with tert-alkyl or cyclic N) is 1. The number of allylic oxidation sites excluding steroid dienone is 1. The van der Waals surface area contributed by atoms with Crippen LogP contribution in [0.5, 0.6) is 0 Å². The van der Waals surface area contributed by atoms with Gasteiger partial charge in [-0.2, -0.15) is 0 Å². The zero-order chi connectivity index (χ0) is 17.6. The van der Waals surface area contributed by atoms with Crippen LogP contribution in [0.2, 0.25) is 0 Å². The van der Waals surface area contributed by atoms with Crippen molar-refractivity contribution < 1.29 is 10.2 Å². The van der Waals surface area contributed by atoms with Crippen LogP contribution in [0.25, 0.3) is 0 Å². The third-order valence-corrected chi connectivity index (χ3v) is 6.44. The number of hydrogen-bond acceptors (Lipinski definition) is 6. The lowest BCUT2D eigenvalue weighted by molar-refractivity contribution is -0.00301. The Labute approximate surface area is 153 Å². The first-order chi connectivity index (χ1) is 12.0. The van der Waals surface area contributed by atoms with E-state index in [4.69, 9.17) is 0 Å². The quantitative estimate of drug-likeness (QED) is 0.767. The fourth-order valence-electron chi connectivity index (χ4n) is 3.64. The first kappa shape index (κ1) is 17.0. The molecule has 2 aliphatic heterocycles. The molecule has 2 atom stereocenters. The maximum atomic E-state index is 10.1. The van der Waals surface area contributed by atoms with Crippen molar-refractivity contribution in [3.8, 4) is 0 Å². The average Bonchev–Trinajstić information content (AvgIpc) is 2.98. The van der Waals surface area contributed by atoms with E-state index in [1.807, 2.05) is 6.08 Å². The lowest BCUT2D eigenvalue weighted by Gasteiger charge is -2.36. The Morgan fingerprint density at radius 1 is 1.32 bits per heavy atom. The van der Waals surface area contributed by atoms with Gasteiger partial charge in [-0.05, 0) is 35.8 Å². The minimum atomic E-state index is -0.185. The summed E-state index contributed by atoms with van der Waals surface area (Å²) >= 11 is 1.72. The average molecular weight is 359 g/mol. The zero-order valence-electron chi connectivity index (χ0n) is 14.6. The number of nitrogens with one attached hydrogen (secondary N) is 1. The SMILES string of the molecule is CN(C)c1ccc(C2NC3CC=CC(O)=C3S2)c(CN2CC(O)C2)c1. The van der Waals surface area contributed by atoms with Gasteiger partial charge in [0.25, 0.3) is 0 Å². The summed E-state index contributed by atoms with van der Waals surface area (Å²) in [5.41, 5.74) is 3.74. The Hall–Kier alpha value is -1.47. The Morgan fingerprint density at radius 2 is 2.12 bits per heavy atom. The molecule has 6 heteroatoms. The number of aliphatic hydroxyl groups excluding tert-OH is 2. The topological polar surface area (TPSA) is 59.0 Å². The molecule has 0 radical (unpaired) electrons. The molecule has 134 valence electrons. The Balaban J connectivity index is 1.61. The van der Waals surface area contributed by atoms with Crippen LogP contribution in [0.3, 0.4) is 0 Å². The van der Waals surface area contributed by atoms with E-state index >= 15 is 0 Å². The minimum Gasteiger partial charge on any atom is -0.507 e. The predicted octanol–water partition coefficient (Wildman–Crippen LogP) is 2.36. The number of aliphatic hydroxyl groups is 2. The normalized spacial score (nSPS) is 26.7. The van der Waals surface area contributed by atoms with Gasteiger partial charge in [-0.1, -0.05) is 12.1 Å². The van der Waals surface area contributed by atoms with Crippen LogP contribution >= 0.6 is 11.8 Å². The molecule has 1 aromatic carbocycles. The highest BCUT2D eigenvalue weighted by Crippen LogP contribution is 2.46. The Bertz CT molecular complexity index is 725. The second-order valence-corrected chi connectivity index (χ2v) is 8.38. The van der Waals surface area contributed by atoms with Gasteiger partial charge >= 0.3 is 0 Å². The molecule has 0 saturated carbocycles. The highest BCUT2D eigenvalue weighted by molar-refractivity contribution is 8.03. The van der Waals surface area contributed by atoms with Gasteiger partial charge in [0.1, 0.15) is 5.76 Å². The fourth-order valence-corrected chi connectivity index (χ4v) is 5.00. The zero-order valence-corrected chi connectivity index (χ0v) is 15.5. The van der Waals surface area contributed by atoms with Crippen LogP contribution < -0.4 is 10.2 Å². The number of hydrogen-bond donors (Lipinski definition) is 3. The van der Waals surface area contributed by atoms with Crippen molar-refractivity contribution in [2.24, 2.45) is 0 Å². The molecule has 3 N–H and O–H groups in total. The van der Waals surface area contributed by atoms with Gasteiger partial charge in [0.15, 0.2) is 0 Å². The van der Waals surface area contributed by atoms with Gasteiger partial charge in [-0.25, -0.2) is 0 Å². The smallest absolute Gasteiger partial charge is 0.126 e. The van der Waals surface area contributed by atoms with E-state index in [2.05, 4.69) is 47.4 Å². The van der Waals surface area contributed by atoms with Gasteiger partial charge in [-0.15, -0.1) is 11.8 Å². The largest absolute Gasteiger partial charge is 0.507 e. The van der Waals surface area contributed by atoms with Crippen LogP contribution in [0, 0.1) is 0 Å². The number of nitrogens with zero attached hydrogens (tertiary/aromatic N) is 2. The molecule has 3 aliphatic rings. The van der Waals surface area contributed by atoms with E-state index in [-0.39, 0.29) is 17.5 Å². The molecule has 2 fully saturated rings. The first-order valence-corrected chi connectivity index (χ1v) is 9.62. The second kappa shape index (κ2) is 6.68. The van der Waals surface area contributed by atoms with Gasteiger partial charge in [0.05, 0.1) is 11.5 Å². The monoisotopic (exact) mass is 359 g/mol. The van der Waals surface area contributed by atoms with Crippen molar-refractivity contribution >= 4 is 17.4 Å². The molecule has 0 spiro atoms. The number of likely N-dealkylation sites (tertiary alicyclic amines) is 1. The fraction of sp³-hybridized carbons (Fsp3) is 0.474. The summed E-state index contributed by atoms with van der Waals surface area (Å²) in [7, 11) is 4.11. The molecule has 0 bridgehead atoms. The highest BCUT2D eigenvalue weighted by Gasteiger charge is 2.35. The standard InChI is InChI=1S/C19H25N3O2S/c1-21(2)13-6-7-15(12(8-13)9-22-10-14(23)11-22)19-20-16-4-3-5-17(24)18(16)25-19/h3,5-8,14,16,19-20,23-24H,4,9-11H2,1-2H3. The lowest BCUT2D eigenvalue weighted by Crippen LogP contribution is -2.50. The van der Waals surface area contributed by atoms with Crippen molar-refractivity contribution in [1.29, 1.82) is 0 Å². The third-order valence-electron chi connectivity index (χ3n) is 5.07. The molecule has 5 nitrogen and oxygen atoms in total. The summed E-state index contributed by atoms with van der Waals surface area (Å²) in [5.74, 6) is 0.397. The molecule has 4 rings (SSSR count). The van der Waals surface area contributed by atoms with E-state index in [0.717, 1.165) is 31.0 Å². The number of anilines is 1. The van der Waals surface area contributed by atoms with Crippen molar-refractivity contribution in [3.63, 3.8) is 0 Å². The summed E-state index contributed by atoms with van der Waals surface area (Å²) in [5, 5.41) is 23.5. The number of thioether (sulfide) groups is 1. The van der Waals surface area contributed by atoms with Crippen LogP contribution in [0.4, 0.5) is 5.69 Å². The van der Waals surface area contributed by atoms with Gasteiger partial charge in [0.2, 0.25) is 0 Å². The van der Waals surface area contributed by atoms with E-state index in [0.29, 0.717) is 5.76 Å². The van der Waals surface area contributed by atoms with Crippen LogP contribution in [-0.4, -0.2) is 54.4 Å². The number of benzene rings is 1. The summed E-state index contributed by atoms with van der Waals surface area (Å²) in [6, 6.07) is 6.82. The second-order valence-electron chi connectivity index (χ2n) is 7.23. The lowest BCUT2D eigenvalue weighted by atomic mass is 10.0. The molecule has 0 aromatic heterocycles. The molecule has 25 heavy (non-hydrogen) atoms. The third kappa shape index (κ3) is 3.31. The van der Waals surface area contributed by atoms with E-state index in [1.165, 1.54) is 16.8 Å². The molecular weight excluding hydrogens is 334 g/mol. The van der Waals surface area contributed by atoms with Crippen LogP contribution in [0.1, 0.15) is 22.9 Å². The summed E-state index contributed by atoms with van der Waals surface area (Å²) in [6.45, 7) is 2.34. The van der Waals surface area contributed by atoms with Crippen molar-refractivity contribution in [2.75, 3.05) is 32.1 Å². The Morgan fingerprint density at radius 3 is 2.80 bits per heavy atom.